The zero-order valence-corrected chi connectivity index (χ0v) is 27.7. The van der Waals surface area contributed by atoms with Gasteiger partial charge < -0.3 is 19.1 Å². The Bertz CT molecular complexity index is 1780. The van der Waals surface area contributed by atoms with Crippen molar-refractivity contribution in [1.29, 1.82) is 0 Å². The lowest BCUT2D eigenvalue weighted by Crippen LogP contribution is -2.26. The van der Waals surface area contributed by atoms with E-state index in [0.717, 1.165) is 43.9 Å². The van der Waals surface area contributed by atoms with Gasteiger partial charge in [0.05, 0.1) is 24.4 Å². The molecule has 0 radical (unpaired) electrons. The van der Waals surface area contributed by atoms with Crippen molar-refractivity contribution in [1.82, 2.24) is 19.5 Å². The summed E-state index contributed by atoms with van der Waals surface area (Å²) in [5, 5.41) is 11.1. The summed E-state index contributed by atoms with van der Waals surface area (Å²) in [6, 6.07) is 18.0. The van der Waals surface area contributed by atoms with Gasteiger partial charge in [-0.3, -0.25) is 9.78 Å². The Balaban J connectivity index is 1.58. The minimum Gasteiger partial charge on any atom is -0.482 e. The number of hydrogen-bond acceptors (Lipinski definition) is 7. The van der Waals surface area contributed by atoms with Gasteiger partial charge in [0.2, 0.25) is 5.88 Å². The first-order valence-corrected chi connectivity index (χ1v) is 15.8. The predicted molar refractivity (Wildman–Crippen MR) is 179 cm³/mol. The average Bonchev–Trinajstić information content (AvgIpc) is 3.34. The van der Waals surface area contributed by atoms with Crippen molar-refractivity contribution in [3.8, 4) is 22.8 Å². The van der Waals surface area contributed by atoms with Gasteiger partial charge in [-0.2, -0.15) is 0 Å². The zero-order chi connectivity index (χ0) is 32.4. The first kappa shape index (κ1) is 32.0. The van der Waals surface area contributed by atoms with Crippen molar-refractivity contribution < 1.29 is 19.4 Å². The molecule has 0 spiro atoms. The SMILES string of the molecule is COc1ccc(-c2ccc(Cn3cc(SC(C)(C)C)c4c(CC(C)(C)C(=O)O)c(OC(C)c5ccccn5)cnc43)cc2)cn1. The molecule has 0 fully saturated rings. The first-order chi connectivity index (χ1) is 21.3. The Hall–Kier alpha value is -4.37. The van der Waals surface area contributed by atoms with Gasteiger partial charge >= 0.3 is 5.97 Å². The normalized spacial score (nSPS) is 12.7. The van der Waals surface area contributed by atoms with E-state index in [1.807, 2.05) is 43.5 Å². The number of benzene rings is 1. The maximum atomic E-state index is 12.4. The first-order valence-electron chi connectivity index (χ1n) is 14.9. The van der Waals surface area contributed by atoms with Gasteiger partial charge in [-0.1, -0.05) is 51.1 Å². The number of aromatic nitrogens is 4. The van der Waals surface area contributed by atoms with Crippen LogP contribution in [0.1, 0.15) is 64.5 Å². The highest BCUT2D eigenvalue weighted by molar-refractivity contribution is 8.00. The lowest BCUT2D eigenvalue weighted by molar-refractivity contribution is -0.146. The molecule has 5 aromatic rings. The monoisotopic (exact) mass is 624 g/mol. The molecule has 45 heavy (non-hydrogen) atoms. The van der Waals surface area contributed by atoms with E-state index in [0.29, 0.717) is 18.2 Å². The van der Waals surface area contributed by atoms with Crippen LogP contribution in [0.5, 0.6) is 11.6 Å². The third-order valence-electron chi connectivity index (χ3n) is 7.53. The fourth-order valence-electron chi connectivity index (χ4n) is 5.13. The molecule has 0 bridgehead atoms. The smallest absolute Gasteiger partial charge is 0.309 e. The average molecular weight is 625 g/mol. The number of carboxylic acid groups (broad SMARTS) is 1. The molecular formula is C36H40N4O4S. The predicted octanol–water partition coefficient (Wildman–Crippen LogP) is 8.23. The van der Waals surface area contributed by atoms with Crippen LogP contribution in [0.25, 0.3) is 22.2 Å². The molecule has 8 nitrogen and oxygen atoms in total. The minimum absolute atomic E-state index is 0.0924. The third-order valence-corrected chi connectivity index (χ3v) is 8.67. The minimum atomic E-state index is -1.03. The number of carbonyl (C=O) groups is 1. The van der Waals surface area contributed by atoms with Crippen LogP contribution in [-0.4, -0.2) is 42.5 Å². The van der Waals surface area contributed by atoms with Crippen molar-refractivity contribution >= 4 is 28.8 Å². The summed E-state index contributed by atoms with van der Waals surface area (Å²) in [6.07, 6.45) is 7.34. The summed E-state index contributed by atoms with van der Waals surface area (Å²) in [5.41, 5.74) is 4.58. The van der Waals surface area contributed by atoms with E-state index in [1.165, 1.54) is 0 Å². The number of aliphatic carboxylic acids is 1. The maximum absolute atomic E-state index is 12.4. The molecule has 0 aliphatic heterocycles. The van der Waals surface area contributed by atoms with Crippen molar-refractivity contribution in [2.75, 3.05) is 7.11 Å². The Labute approximate surface area is 268 Å². The number of rotatable bonds is 11. The molecule has 4 heterocycles. The van der Waals surface area contributed by atoms with Crippen LogP contribution in [0.4, 0.5) is 0 Å². The summed E-state index contributed by atoms with van der Waals surface area (Å²) in [5.74, 6) is 0.283. The summed E-state index contributed by atoms with van der Waals surface area (Å²) in [4.78, 5) is 27.1. The van der Waals surface area contributed by atoms with Gasteiger partial charge in [0.25, 0.3) is 0 Å². The Morgan fingerprint density at radius 3 is 2.29 bits per heavy atom. The van der Waals surface area contributed by atoms with Crippen LogP contribution in [0.2, 0.25) is 0 Å². The fraction of sp³-hybridized carbons (Fsp3) is 0.333. The quantitative estimate of drug-likeness (QED) is 0.147. The van der Waals surface area contributed by atoms with E-state index >= 15 is 0 Å². The molecular weight excluding hydrogens is 584 g/mol. The van der Waals surface area contributed by atoms with Gasteiger partial charge in [-0.15, -0.1) is 11.8 Å². The highest BCUT2D eigenvalue weighted by atomic mass is 32.2. The Morgan fingerprint density at radius 2 is 1.69 bits per heavy atom. The molecule has 1 atom stereocenters. The van der Waals surface area contributed by atoms with Gasteiger partial charge in [0.1, 0.15) is 17.5 Å². The highest BCUT2D eigenvalue weighted by Gasteiger charge is 2.32. The molecule has 0 aliphatic carbocycles. The summed E-state index contributed by atoms with van der Waals surface area (Å²) in [6.45, 7) is 12.6. The van der Waals surface area contributed by atoms with Crippen LogP contribution in [0.3, 0.4) is 0 Å². The van der Waals surface area contributed by atoms with Gasteiger partial charge in [-0.25, -0.2) is 9.97 Å². The molecule has 9 heteroatoms. The van der Waals surface area contributed by atoms with Crippen LogP contribution < -0.4 is 9.47 Å². The molecule has 4 aromatic heterocycles. The van der Waals surface area contributed by atoms with Gasteiger partial charge in [0, 0.05) is 57.4 Å². The number of nitrogens with zero attached hydrogens (tertiary/aromatic N) is 4. The van der Waals surface area contributed by atoms with E-state index in [2.05, 4.69) is 65.8 Å². The number of ether oxygens (including phenoxy) is 2. The number of fused-ring (bicyclic) bond motifs is 1. The van der Waals surface area contributed by atoms with E-state index in [4.69, 9.17) is 14.5 Å². The molecule has 0 aliphatic rings. The number of hydrogen-bond donors (Lipinski definition) is 1. The fourth-order valence-corrected chi connectivity index (χ4v) is 6.28. The largest absolute Gasteiger partial charge is 0.482 e. The second-order valence-electron chi connectivity index (χ2n) is 12.8. The molecule has 5 rings (SSSR count). The summed E-state index contributed by atoms with van der Waals surface area (Å²) < 4.78 is 13.7. The maximum Gasteiger partial charge on any atom is 0.309 e. The second kappa shape index (κ2) is 12.9. The van der Waals surface area contributed by atoms with E-state index in [-0.39, 0.29) is 17.3 Å². The van der Waals surface area contributed by atoms with Crippen LogP contribution in [0.15, 0.2) is 84.3 Å². The Kier molecular flexibility index (Phi) is 9.20. The number of methoxy groups -OCH3 is 1. The molecule has 234 valence electrons. The number of pyridine rings is 3. The van der Waals surface area contributed by atoms with Crippen molar-refractivity contribution in [2.45, 2.75) is 70.3 Å². The second-order valence-corrected chi connectivity index (χ2v) is 14.7. The van der Waals surface area contributed by atoms with Crippen LogP contribution >= 0.6 is 11.8 Å². The van der Waals surface area contributed by atoms with E-state index in [9.17, 15) is 9.90 Å². The van der Waals surface area contributed by atoms with Crippen molar-refractivity contribution in [3.63, 3.8) is 0 Å². The van der Waals surface area contributed by atoms with E-state index < -0.39 is 11.4 Å². The van der Waals surface area contributed by atoms with Gasteiger partial charge in [-0.05, 0) is 56.5 Å². The molecule has 0 amide bonds. The van der Waals surface area contributed by atoms with E-state index in [1.54, 1.807) is 45.1 Å². The summed E-state index contributed by atoms with van der Waals surface area (Å²) >= 11 is 1.74. The molecule has 0 saturated heterocycles. The van der Waals surface area contributed by atoms with Crippen molar-refractivity contribution in [3.05, 3.63) is 96.2 Å². The summed E-state index contributed by atoms with van der Waals surface area (Å²) in [7, 11) is 1.61. The Morgan fingerprint density at radius 1 is 0.956 bits per heavy atom. The molecule has 1 unspecified atom stereocenters. The topological polar surface area (TPSA) is 99.4 Å². The van der Waals surface area contributed by atoms with Crippen LogP contribution in [0, 0.1) is 5.41 Å². The number of thioether (sulfide) groups is 1. The standard InChI is InChI=1S/C36H40N4O4S/c1-23(28-10-8-9-17-37-28)44-29-20-39-33-32(27(29)18-36(5,6)34(41)42)30(45-35(2,3)4)22-40(33)21-24-11-13-25(14-12-24)26-15-16-31(43-7)38-19-26/h8-17,19-20,22-23H,18,21H2,1-7H3,(H,41,42). The van der Waals surface area contributed by atoms with Gasteiger partial charge in [0.15, 0.2) is 0 Å². The number of carboxylic acids is 1. The molecule has 1 aromatic carbocycles. The van der Waals surface area contributed by atoms with Crippen LogP contribution in [-0.2, 0) is 17.8 Å². The highest BCUT2D eigenvalue weighted by Crippen LogP contribution is 2.43. The molecule has 0 saturated carbocycles. The zero-order valence-electron chi connectivity index (χ0n) is 26.9. The third kappa shape index (κ3) is 7.48. The van der Waals surface area contributed by atoms with Crippen molar-refractivity contribution in [2.24, 2.45) is 5.41 Å². The lowest BCUT2D eigenvalue weighted by atomic mass is 9.85. The lowest BCUT2D eigenvalue weighted by Gasteiger charge is -2.24. The molecule has 1 N–H and O–H groups in total.